The second kappa shape index (κ2) is 7.06. The van der Waals surface area contributed by atoms with Gasteiger partial charge < -0.3 is 10.1 Å². The average Bonchev–Trinajstić information content (AvgIpc) is 3.05. The van der Waals surface area contributed by atoms with E-state index in [2.05, 4.69) is 15.3 Å². The van der Waals surface area contributed by atoms with Crippen molar-refractivity contribution >= 4 is 16.5 Å². The van der Waals surface area contributed by atoms with Crippen LogP contribution in [0, 0.1) is 5.82 Å². The molecule has 0 unspecified atom stereocenters. The molecule has 0 radical (unpaired) electrons. The fourth-order valence-corrected chi connectivity index (χ4v) is 2.58. The topological polar surface area (TPSA) is 47.0 Å². The molecule has 25 heavy (non-hydrogen) atoms. The molecular formula is C16H11F4N3OS. The van der Waals surface area contributed by atoms with Crippen molar-refractivity contribution in [2.24, 2.45) is 0 Å². The molecule has 130 valence electrons. The SMILES string of the molecule is Fc1ccc(Oc2cc(CNc3ncc(C(F)(F)F)s3)ccn2)cc1. The Balaban J connectivity index is 1.63. The average molecular weight is 369 g/mol. The summed E-state index contributed by atoms with van der Waals surface area (Å²) in [6.07, 6.45) is -2.09. The monoisotopic (exact) mass is 369 g/mol. The lowest BCUT2D eigenvalue weighted by Gasteiger charge is -2.07. The largest absolute Gasteiger partial charge is 0.439 e. The third-order valence-electron chi connectivity index (χ3n) is 3.06. The molecule has 0 saturated carbocycles. The quantitative estimate of drug-likeness (QED) is 0.636. The number of ether oxygens (including phenoxy) is 1. The van der Waals surface area contributed by atoms with Crippen LogP contribution in [-0.4, -0.2) is 9.97 Å². The smallest absolute Gasteiger partial charge is 0.427 e. The number of rotatable bonds is 5. The first-order chi connectivity index (χ1) is 11.9. The van der Waals surface area contributed by atoms with E-state index in [-0.39, 0.29) is 17.5 Å². The summed E-state index contributed by atoms with van der Waals surface area (Å²) in [5.74, 6) is 0.342. The summed E-state index contributed by atoms with van der Waals surface area (Å²) in [7, 11) is 0. The molecule has 4 nitrogen and oxygen atoms in total. The molecule has 0 spiro atoms. The molecule has 1 N–H and O–H groups in total. The summed E-state index contributed by atoms with van der Waals surface area (Å²) in [5.41, 5.74) is 0.746. The maximum Gasteiger partial charge on any atom is 0.427 e. The predicted molar refractivity (Wildman–Crippen MR) is 85.2 cm³/mol. The third kappa shape index (κ3) is 4.66. The Kier molecular flexibility index (Phi) is 4.84. The summed E-state index contributed by atoms with van der Waals surface area (Å²) < 4.78 is 56.0. The molecule has 0 aliphatic rings. The zero-order chi connectivity index (χ0) is 17.9. The number of anilines is 1. The van der Waals surface area contributed by atoms with Crippen LogP contribution in [0.2, 0.25) is 0 Å². The highest BCUT2D eigenvalue weighted by Gasteiger charge is 2.33. The minimum absolute atomic E-state index is 0.171. The first kappa shape index (κ1) is 17.2. The van der Waals surface area contributed by atoms with E-state index in [9.17, 15) is 17.6 Å². The Hall–Kier alpha value is -2.68. The van der Waals surface area contributed by atoms with Gasteiger partial charge in [-0.1, -0.05) is 11.3 Å². The number of alkyl halides is 3. The molecule has 0 atom stereocenters. The summed E-state index contributed by atoms with van der Waals surface area (Å²) >= 11 is 0.538. The lowest BCUT2D eigenvalue weighted by molar-refractivity contribution is -0.134. The normalized spacial score (nSPS) is 11.4. The van der Waals surface area contributed by atoms with Crippen LogP contribution in [0.15, 0.2) is 48.8 Å². The highest BCUT2D eigenvalue weighted by atomic mass is 32.1. The van der Waals surface area contributed by atoms with Crippen molar-refractivity contribution in [2.45, 2.75) is 12.7 Å². The fourth-order valence-electron chi connectivity index (χ4n) is 1.90. The summed E-state index contributed by atoms with van der Waals surface area (Å²) in [5, 5.41) is 3.00. The number of nitrogens with zero attached hydrogens (tertiary/aromatic N) is 2. The Morgan fingerprint density at radius 3 is 2.52 bits per heavy atom. The van der Waals surface area contributed by atoms with Crippen LogP contribution < -0.4 is 10.1 Å². The number of hydrogen-bond acceptors (Lipinski definition) is 5. The number of nitrogens with one attached hydrogen (secondary N) is 1. The van der Waals surface area contributed by atoms with E-state index in [1.165, 1.54) is 30.5 Å². The van der Waals surface area contributed by atoms with Gasteiger partial charge in [0.05, 0.1) is 6.20 Å². The van der Waals surface area contributed by atoms with E-state index in [1.54, 1.807) is 12.1 Å². The summed E-state index contributed by atoms with van der Waals surface area (Å²) in [4.78, 5) is 6.98. The second-order valence-electron chi connectivity index (χ2n) is 4.94. The van der Waals surface area contributed by atoms with Crippen molar-refractivity contribution in [3.05, 3.63) is 65.0 Å². The lowest BCUT2D eigenvalue weighted by Crippen LogP contribution is -2.01. The van der Waals surface area contributed by atoms with Crippen molar-refractivity contribution in [3.8, 4) is 11.6 Å². The molecule has 0 fully saturated rings. The van der Waals surface area contributed by atoms with E-state index in [4.69, 9.17) is 4.74 Å². The highest BCUT2D eigenvalue weighted by molar-refractivity contribution is 7.15. The number of aromatic nitrogens is 2. The van der Waals surface area contributed by atoms with Gasteiger partial charge in [0.25, 0.3) is 0 Å². The van der Waals surface area contributed by atoms with Crippen molar-refractivity contribution in [1.29, 1.82) is 0 Å². The van der Waals surface area contributed by atoms with Crippen molar-refractivity contribution in [2.75, 3.05) is 5.32 Å². The zero-order valence-electron chi connectivity index (χ0n) is 12.5. The van der Waals surface area contributed by atoms with Crippen LogP contribution in [0.3, 0.4) is 0 Å². The van der Waals surface area contributed by atoms with Crippen molar-refractivity contribution < 1.29 is 22.3 Å². The summed E-state index contributed by atoms with van der Waals surface area (Å²) in [6.45, 7) is 0.257. The van der Waals surface area contributed by atoms with Crippen LogP contribution in [0.5, 0.6) is 11.6 Å². The van der Waals surface area contributed by atoms with Gasteiger partial charge in [-0.15, -0.1) is 0 Å². The van der Waals surface area contributed by atoms with Crippen LogP contribution in [0.4, 0.5) is 22.7 Å². The highest BCUT2D eigenvalue weighted by Crippen LogP contribution is 2.35. The Labute approximate surface area is 144 Å². The van der Waals surface area contributed by atoms with Gasteiger partial charge in [0, 0.05) is 18.8 Å². The number of benzene rings is 1. The molecule has 9 heteroatoms. The predicted octanol–water partition coefficient (Wildman–Crippen LogP) is 5.10. The number of thiazole rings is 1. The molecule has 0 bridgehead atoms. The van der Waals surface area contributed by atoms with Gasteiger partial charge in [-0.05, 0) is 35.9 Å². The Bertz CT molecular complexity index is 849. The molecule has 1 aromatic carbocycles. The second-order valence-corrected chi connectivity index (χ2v) is 5.97. The van der Waals surface area contributed by atoms with E-state index >= 15 is 0 Å². The van der Waals surface area contributed by atoms with Crippen LogP contribution in [-0.2, 0) is 12.7 Å². The van der Waals surface area contributed by atoms with Gasteiger partial charge in [-0.2, -0.15) is 13.2 Å². The number of halogens is 4. The van der Waals surface area contributed by atoms with Gasteiger partial charge in [0.2, 0.25) is 5.88 Å². The molecule has 3 rings (SSSR count). The first-order valence-corrected chi connectivity index (χ1v) is 7.87. The van der Waals surface area contributed by atoms with Gasteiger partial charge in [0.15, 0.2) is 5.13 Å². The number of hydrogen-bond donors (Lipinski definition) is 1. The molecular weight excluding hydrogens is 358 g/mol. The van der Waals surface area contributed by atoms with Crippen LogP contribution in [0.1, 0.15) is 10.4 Å². The number of pyridine rings is 1. The maximum atomic E-state index is 12.9. The van der Waals surface area contributed by atoms with Crippen LogP contribution in [0.25, 0.3) is 0 Å². The van der Waals surface area contributed by atoms with Gasteiger partial charge >= 0.3 is 6.18 Å². The zero-order valence-corrected chi connectivity index (χ0v) is 13.4. The van der Waals surface area contributed by atoms with E-state index in [0.717, 1.165) is 11.8 Å². The van der Waals surface area contributed by atoms with Gasteiger partial charge in [0.1, 0.15) is 16.4 Å². The third-order valence-corrected chi connectivity index (χ3v) is 4.06. The summed E-state index contributed by atoms with van der Waals surface area (Å²) in [6, 6.07) is 8.80. The van der Waals surface area contributed by atoms with Gasteiger partial charge in [-0.3, -0.25) is 0 Å². The molecule has 2 aromatic heterocycles. The standard InChI is InChI=1S/C16H11F4N3OS/c17-11-1-3-12(4-2-11)24-14-7-10(5-6-21-14)8-22-15-23-9-13(25-15)16(18,19)20/h1-7,9H,8H2,(H,22,23). The van der Waals surface area contributed by atoms with E-state index < -0.39 is 11.1 Å². The Morgan fingerprint density at radius 2 is 1.84 bits per heavy atom. The molecule has 3 aromatic rings. The van der Waals surface area contributed by atoms with Crippen LogP contribution >= 0.6 is 11.3 Å². The Morgan fingerprint density at radius 1 is 1.08 bits per heavy atom. The van der Waals surface area contributed by atoms with E-state index in [1.807, 2.05) is 0 Å². The molecule has 2 heterocycles. The molecule has 0 amide bonds. The van der Waals surface area contributed by atoms with Gasteiger partial charge in [-0.25, -0.2) is 14.4 Å². The van der Waals surface area contributed by atoms with Crippen molar-refractivity contribution in [3.63, 3.8) is 0 Å². The maximum absolute atomic E-state index is 12.9. The minimum atomic E-state index is -4.40. The molecule has 0 aliphatic carbocycles. The van der Waals surface area contributed by atoms with E-state index in [0.29, 0.717) is 23.0 Å². The minimum Gasteiger partial charge on any atom is -0.439 e. The first-order valence-electron chi connectivity index (χ1n) is 7.05. The fraction of sp³-hybridized carbons (Fsp3) is 0.125. The molecule has 0 aliphatic heterocycles. The van der Waals surface area contributed by atoms with Crippen molar-refractivity contribution in [1.82, 2.24) is 9.97 Å². The molecule has 0 saturated heterocycles. The lowest BCUT2D eigenvalue weighted by atomic mass is 10.2.